The Morgan fingerprint density at radius 3 is 2.83 bits per heavy atom. The van der Waals surface area contributed by atoms with E-state index in [1.165, 1.54) is 0 Å². The van der Waals surface area contributed by atoms with E-state index in [1.807, 2.05) is 55.6 Å². The van der Waals surface area contributed by atoms with Gasteiger partial charge >= 0.3 is 0 Å². The molecule has 0 bridgehead atoms. The van der Waals surface area contributed by atoms with Crippen LogP contribution in [0.25, 0.3) is 28.0 Å². The lowest BCUT2D eigenvalue weighted by Crippen LogP contribution is -2.24. The zero-order chi connectivity index (χ0) is 20.5. The van der Waals surface area contributed by atoms with Crippen LogP contribution >= 0.6 is 0 Å². The number of pyridine rings is 2. The Bertz CT molecular complexity index is 1370. The maximum Gasteiger partial charge on any atom is 0.270 e. The Morgan fingerprint density at radius 2 is 1.97 bits per heavy atom. The second kappa shape index (κ2) is 7.36. The molecule has 4 heterocycles. The van der Waals surface area contributed by atoms with Gasteiger partial charge in [-0.3, -0.25) is 9.20 Å². The number of aryl methyl sites for hydroxylation is 1. The fraction of sp³-hybridized carbons (Fsp3) is 0.143. The number of nitrogens with one attached hydrogen (secondary N) is 1. The Kier molecular flexibility index (Phi) is 4.40. The fourth-order valence-electron chi connectivity index (χ4n) is 3.20. The standard InChI is InChI=1S/C21H17N7O2/c1-2-17-24-21(30-27-17)14-7-5-11-28-18(25-26-19(14)28)12-22-20(29)16-10-9-13-6-3-4-8-15(13)23-16/h3-11H,2,12H2,1H3,(H,22,29). The lowest BCUT2D eigenvalue weighted by Gasteiger charge is -2.05. The van der Waals surface area contributed by atoms with Crippen LogP contribution in [0.3, 0.4) is 0 Å². The summed E-state index contributed by atoms with van der Waals surface area (Å²) in [4.78, 5) is 21.4. The molecule has 0 aliphatic carbocycles. The molecule has 0 aliphatic heterocycles. The van der Waals surface area contributed by atoms with Crippen LogP contribution in [0, 0.1) is 0 Å². The van der Waals surface area contributed by atoms with Crippen molar-refractivity contribution in [2.24, 2.45) is 0 Å². The number of hydrogen-bond donors (Lipinski definition) is 1. The van der Waals surface area contributed by atoms with Crippen molar-refractivity contribution < 1.29 is 9.32 Å². The highest BCUT2D eigenvalue weighted by atomic mass is 16.5. The summed E-state index contributed by atoms with van der Waals surface area (Å²) >= 11 is 0. The van der Waals surface area contributed by atoms with Gasteiger partial charge in [-0.1, -0.05) is 36.3 Å². The number of amides is 1. The molecule has 148 valence electrons. The normalized spacial score (nSPS) is 11.2. The smallest absolute Gasteiger partial charge is 0.270 e. The van der Waals surface area contributed by atoms with E-state index in [0.29, 0.717) is 40.9 Å². The quantitative estimate of drug-likeness (QED) is 0.484. The van der Waals surface area contributed by atoms with Crippen molar-refractivity contribution in [3.05, 3.63) is 72.1 Å². The van der Waals surface area contributed by atoms with E-state index in [-0.39, 0.29) is 12.5 Å². The monoisotopic (exact) mass is 399 g/mol. The molecular formula is C21H17N7O2. The van der Waals surface area contributed by atoms with Crippen molar-refractivity contribution >= 4 is 22.5 Å². The summed E-state index contributed by atoms with van der Waals surface area (Å²) in [6.45, 7) is 2.15. The molecule has 0 saturated carbocycles. The molecular weight excluding hydrogens is 382 g/mol. The Hall–Kier alpha value is -4.14. The molecule has 9 nitrogen and oxygen atoms in total. The molecule has 1 N–H and O–H groups in total. The van der Waals surface area contributed by atoms with Gasteiger partial charge in [0.15, 0.2) is 17.3 Å². The third kappa shape index (κ3) is 3.16. The van der Waals surface area contributed by atoms with Crippen LogP contribution < -0.4 is 5.32 Å². The predicted octanol–water partition coefficient (Wildman–Crippen LogP) is 2.82. The lowest BCUT2D eigenvalue weighted by molar-refractivity contribution is 0.0945. The zero-order valence-corrected chi connectivity index (χ0v) is 16.1. The molecule has 5 rings (SSSR count). The van der Waals surface area contributed by atoms with E-state index < -0.39 is 0 Å². The maximum absolute atomic E-state index is 12.6. The van der Waals surface area contributed by atoms with Gasteiger partial charge in [-0.25, -0.2) is 4.98 Å². The zero-order valence-electron chi connectivity index (χ0n) is 16.1. The summed E-state index contributed by atoms with van der Waals surface area (Å²) in [6.07, 6.45) is 2.51. The number of rotatable bonds is 5. The Balaban J connectivity index is 1.39. The lowest BCUT2D eigenvalue weighted by atomic mass is 10.2. The highest BCUT2D eigenvalue weighted by molar-refractivity contribution is 5.94. The van der Waals surface area contributed by atoms with Crippen LogP contribution in [0.1, 0.15) is 29.1 Å². The SMILES string of the molecule is CCc1noc(-c2cccn3c(CNC(=O)c4ccc5ccccc5n4)nnc23)n1. The molecule has 0 spiro atoms. The van der Waals surface area contributed by atoms with Crippen LogP contribution in [-0.2, 0) is 13.0 Å². The molecule has 9 heteroatoms. The number of carbonyl (C=O) groups excluding carboxylic acids is 1. The first-order chi connectivity index (χ1) is 14.7. The van der Waals surface area contributed by atoms with Gasteiger partial charge in [0.1, 0.15) is 5.69 Å². The Morgan fingerprint density at radius 1 is 1.07 bits per heavy atom. The minimum Gasteiger partial charge on any atom is -0.343 e. The van der Waals surface area contributed by atoms with Crippen molar-refractivity contribution in [1.29, 1.82) is 0 Å². The number of fused-ring (bicyclic) bond motifs is 2. The first-order valence-corrected chi connectivity index (χ1v) is 9.52. The minimum atomic E-state index is -0.279. The molecule has 5 aromatic rings. The largest absolute Gasteiger partial charge is 0.343 e. The van der Waals surface area contributed by atoms with Gasteiger partial charge in [0, 0.05) is 18.0 Å². The number of aromatic nitrogens is 6. The number of benzene rings is 1. The van der Waals surface area contributed by atoms with Gasteiger partial charge in [0.25, 0.3) is 11.8 Å². The highest BCUT2D eigenvalue weighted by Crippen LogP contribution is 2.22. The molecule has 4 aromatic heterocycles. The van der Waals surface area contributed by atoms with Gasteiger partial charge in [-0.2, -0.15) is 4.98 Å². The molecule has 1 amide bonds. The fourth-order valence-corrected chi connectivity index (χ4v) is 3.20. The maximum atomic E-state index is 12.6. The van der Waals surface area contributed by atoms with E-state index in [2.05, 4.69) is 30.6 Å². The highest BCUT2D eigenvalue weighted by Gasteiger charge is 2.16. The van der Waals surface area contributed by atoms with Gasteiger partial charge in [0.2, 0.25) is 0 Å². The molecule has 0 atom stereocenters. The predicted molar refractivity (Wildman–Crippen MR) is 109 cm³/mol. The molecule has 0 fully saturated rings. The van der Waals surface area contributed by atoms with Crippen molar-refractivity contribution in [2.45, 2.75) is 19.9 Å². The summed E-state index contributed by atoms with van der Waals surface area (Å²) in [5.74, 6) is 1.32. The van der Waals surface area contributed by atoms with E-state index in [9.17, 15) is 4.79 Å². The first-order valence-electron chi connectivity index (χ1n) is 9.52. The molecule has 1 aromatic carbocycles. The van der Waals surface area contributed by atoms with E-state index in [4.69, 9.17) is 4.52 Å². The van der Waals surface area contributed by atoms with Gasteiger partial charge in [0.05, 0.1) is 17.6 Å². The first kappa shape index (κ1) is 17.9. The Labute approximate surface area is 170 Å². The second-order valence-corrected chi connectivity index (χ2v) is 6.67. The summed E-state index contributed by atoms with van der Waals surface area (Å²) in [7, 11) is 0. The van der Waals surface area contributed by atoms with Crippen LogP contribution in [0.2, 0.25) is 0 Å². The van der Waals surface area contributed by atoms with Gasteiger partial charge in [-0.05, 0) is 24.3 Å². The molecule has 0 saturated heterocycles. The number of hydrogen-bond acceptors (Lipinski definition) is 7. The van der Waals surface area contributed by atoms with Crippen LogP contribution in [0.5, 0.6) is 0 Å². The molecule has 0 radical (unpaired) electrons. The second-order valence-electron chi connectivity index (χ2n) is 6.67. The molecule has 30 heavy (non-hydrogen) atoms. The van der Waals surface area contributed by atoms with E-state index >= 15 is 0 Å². The summed E-state index contributed by atoms with van der Waals surface area (Å²) in [6, 6.07) is 14.9. The summed E-state index contributed by atoms with van der Waals surface area (Å²) < 4.78 is 7.12. The van der Waals surface area contributed by atoms with E-state index in [1.54, 1.807) is 10.5 Å². The van der Waals surface area contributed by atoms with Gasteiger partial charge < -0.3 is 9.84 Å². The van der Waals surface area contributed by atoms with Crippen molar-refractivity contribution in [3.8, 4) is 11.5 Å². The van der Waals surface area contributed by atoms with Crippen molar-refractivity contribution in [2.75, 3.05) is 0 Å². The molecule has 0 unspecified atom stereocenters. The van der Waals surface area contributed by atoms with Crippen LogP contribution in [-0.4, -0.2) is 35.6 Å². The van der Waals surface area contributed by atoms with E-state index in [0.717, 1.165) is 10.9 Å². The molecule has 0 aliphatic rings. The van der Waals surface area contributed by atoms with Crippen LogP contribution in [0.4, 0.5) is 0 Å². The van der Waals surface area contributed by atoms with Crippen molar-refractivity contribution in [1.82, 2.24) is 35.0 Å². The number of para-hydroxylation sites is 1. The third-order valence-electron chi connectivity index (χ3n) is 4.76. The number of carbonyl (C=O) groups is 1. The third-order valence-corrected chi connectivity index (χ3v) is 4.76. The minimum absolute atomic E-state index is 0.196. The number of nitrogens with zero attached hydrogens (tertiary/aromatic N) is 6. The van der Waals surface area contributed by atoms with Gasteiger partial charge in [-0.15, -0.1) is 10.2 Å². The summed E-state index contributed by atoms with van der Waals surface area (Å²) in [5, 5.41) is 16.2. The average molecular weight is 399 g/mol. The summed E-state index contributed by atoms with van der Waals surface area (Å²) in [5.41, 5.74) is 2.39. The average Bonchev–Trinajstić information content (AvgIpc) is 3.44. The van der Waals surface area contributed by atoms with Crippen LogP contribution in [0.15, 0.2) is 59.3 Å². The van der Waals surface area contributed by atoms with Crippen molar-refractivity contribution in [3.63, 3.8) is 0 Å². The topological polar surface area (TPSA) is 111 Å².